The predicted molar refractivity (Wildman–Crippen MR) is 84.6 cm³/mol. The van der Waals surface area contributed by atoms with Crippen LogP contribution in [0.25, 0.3) is 0 Å². The normalized spacial score (nSPS) is 11.4. The summed E-state index contributed by atoms with van der Waals surface area (Å²) >= 11 is 0. The summed E-state index contributed by atoms with van der Waals surface area (Å²) in [4.78, 5) is 2.48. The summed E-state index contributed by atoms with van der Waals surface area (Å²) < 4.78 is 11.1. The topological polar surface area (TPSA) is 21.7 Å². The molecule has 0 unspecified atom stereocenters. The Morgan fingerprint density at radius 1 is 0.950 bits per heavy atom. The van der Waals surface area contributed by atoms with Crippen LogP contribution in [0.1, 0.15) is 27.7 Å². The minimum absolute atomic E-state index is 0.681. The molecule has 0 saturated heterocycles. The number of hydrogen-bond acceptors (Lipinski definition) is 3. The standard InChI is InChI=1S/C17H29NO2/c1-14(2)12-18(13-15(3)4)10-11-20-17-9-7-6-8-16(17)19-5/h6-9,14-15H,10-13H2,1-5H3. The van der Waals surface area contributed by atoms with Crippen LogP contribution in [0.5, 0.6) is 11.5 Å². The third-order valence-electron chi connectivity index (χ3n) is 2.98. The Morgan fingerprint density at radius 2 is 1.50 bits per heavy atom. The fraction of sp³-hybridized carbons (Fsp3) is 0.647. The minimum Gasteiger partial charge on any atom is -0.493 e. The number of hydrogen-bond donors (Lipinski definition) is 0. The Bertz CT molecular complexity index is 367. The molecule has 0 radical (unpaired) electrons. The van der Waals surface area contributed by atoms with Crippen molar-refractivity contribution in [1.29, 1.82) is 0 Å². The molecule has 0 atom stereocenters. The second-order valence-electron chi connectivity index (χ2n) is 6.05. The molecule has 0 aromatic heterocycles. The Hall–Kier alpha value is -1.22. The van der Waals surface area contributed by atoms with Crippen molar-refractivity contribution in [3.05, 3.63) is 24.3 Å². The highest BCUT2D eigenvalue weighted by Gasteiger charge is 2.10. The largest absolute Gasteiger partial charge is 0.493 e. The Kier molecular flexibility index (Phi) is 7.45. The summed E-state index contributed by atoms with van der Waals surface area (Å²) in [6.45, 7) is 12.9. The monoisotopic (exact) mass is 279 g/mol. The van der Waals surface area contributed by atoms with E-state index in [4.69, 9.17) is 9.47 Å². The molecule has 0 N–H and O–H groups in total. The highest BCUT2D eigenvalue weighted by molar-refractivity contribution is 5.39. The minimum atomic E-state index is 0.681. The van der Waals surface area contributed by atoms with Gasteiger partial charge in [0.2, 0.25) is 0 Å². The first-order valence-electron chi connectivity index (χ1n) is 7.51. The van der Waals surface area contributed by atoms with Gasteiger partial charge in [0.15, 0.2) is 11.5 Å². The van der Waals surface area contributed by atoms with Crippen LogP contribution in [0.3, 0.4) is 0 Å². The predicted octanol–water partition coefficient (Wildman–Crippen LogP) is 3.69. The van der Waals surface area contributed by atoms with E-state index in [1.165, 1.54) is 0 Å². The van der Waals surface area contributed by atoms with Crippen molar-refractivity contribution in [2.24, 2.45) is 11.8 Å². The highest BCUT2D eigenvalue weighted by Crippen LogP contribution is 2.25. The maximum Gasteiger partial charge on any atom is 0.161 e. The van der Waals surface area contributed by atoms with Gasteiger partial charge in [0.25, 0.3) is 0 Å². The molecule has 20 heavy (non-hydrogen) atoms. The lowest BCUT2D eigenvalue weighted by atomic mass is 10.1. The first kappa shape index (κ1) is 16.8. The fourth-order valence-corrected chi connectivity index (χ4v) is 2.31. The van der Waals surface area contributed by atoms with Crippen LogP contribution in [-0.4, -0.2) is 38.3 Å². The quantitative estimate of drug-likeness (QED) is 0.688. The van der Waals surface area contributed by atoms with Crippen LogP contribution < -0.4 is 9.47 Å². The van der Waals surface area contributed by atoms with Gasteiger partial charge in [-0.3, -0.25) is 4.90 Å². The molecule has 0 amide bonds. The molecule has 0 saturated carbocycles. The molecule has 0 heterocycles. The third kappa shape index (κ3) is 6.29. The van der Waals surface area contributed by atoms with Gasteiger partial charge in [0, 0.05) is 19.6 Å². The number of benzene rings is 1. The molecule has 3 nitrogen and oxygen atoms in total. The van der Waals surface area contributed by atoms with Gasteiger partial charge in [0.1, 0.15) is 6.61 Å². The Balaban J connectivity index is 2.46. The van der Waals surface area contributed by atoms with Gasteiger partial charge in [-0.1, -0.05) is 39.8 Å². The lowest BCUT2D eigenvalue weighted by Gasteiger charge is -2.26. The van der Waals surface area contributed by atoms with E-state index < -0.39 is 0 Å². The Morgan fingerprint density at radius 3 is 2.00 bits per heavy atom. The van der Waals surface area contributed by atoms with Crippen molar-refractivity contribution in [3.63, 3.8) is 0 Å². The smallest absolute Gasteiger partial charge is 0.161 e. The lowest BCUT2D eigenvalue weighted by molar-refractivity contribution is 0.175. The maximum absolute atomic E-state index is 5.85. The molecule has 0 aliphatic carbocycles. The molecular weight excluding hydrogens is 250 g/mol. The van der Waals surface area contributed by atoms with Gasteiger partial charge >= 0.3 is 0 Å². The van der Waals surface area contributed by atoms with Crippen LogP contribution in [0, 0.1) is 11.8 Å². The van der Waals surface area contributed by atoms with E-state index in [2.05, 4.69) is 32.6 Å². The molecule has 1 rings (SSSR count). The van der Waals surface area contributed by atoms with Crippen LogP contribution in [-0.2, 0) is 0 Å². The van der Waals surface area contributed by atoms with Crippen molar-refractivity contribution in [3.8, 4) is 11.5 Å². The summed E-state index contributed by atoms with van der Waals surface area (Å²) in [6, 6.07) is 7.80. The SMILES string of the molecule is COc1ccccc1OCCN(CC(C)C)CC(C)C. The summed E-state index contributed by atoms with van der Waals surface area (Å²) in [7, 11) is 1.67. The Labute approximate surface area is 123 Å². The average Bonchev–Trinajstić information content (AvgIpc) is 2.37. The van der Waals surface area contributed by atoms with Crippen LogP contribution in [0.15, 0.2) is 24.3 Å². The summed E-state index contributed by atoms with van der Waals surface area (Å²) in [6.07, 6.45) is 0. The van der Waals surface area contributed by atoms with Crippen molar-refractivity contribution in [1.82, 2.24) is 4.90 Å². The third-order valence-corrected chi connectivity index (χ3v) is 2.98. The van der Waals surface area contributed by atoms with Gasteiger partial charge in [-0.25, -0.2) is 0 Å². The molecule has 0 spiro atoms. The van der Waals surface area contributed by atoms with Crippen molar-refractivity contribution < 1.29 is 9.47 Å². The number of rotatable bonds is 9. The van der Waals surface area contributed by atoms with Crippen LogP contribution in [0.4, 0.5) is 0 Å². The molecule has 0 aliphatic heterocycles. The van der Waals surface area contributed by atoms with Crippen LogP contribution in [0.2, 0.25) is 0 Å². The first-order valence-corrected chi connectivity index (χ1v) is 7.51. The van der Waals surface area contributed by atoms with E-state index in [1.54, 1.807) is 7.11 Å². The molecule has 0 aliphatic rings. The zero-order valence-corrected chi connectivity index (χ0v) is 13.6. The molecule has 114 valence electrons. The molecule has 0 fully saturated rings. The maximum atomic E-state index is 5.85. The van der Waals surface area contributed by atoms with E-state index in [1.807, 2.05) is 24.3 Å². The summed E-state index contributed by atoms with van der Waals surface area (Å²) in [5.41, 5.74) is 0. The zero-order valence-electron chi connectivity index (χ0n) is 13.6. The number of methoxy groups -OCH3 is 1. The van der Waals surface area contributed by atoms with Crippen molar-refractivity contribution in [2.75, 3.05) is 33.4 Å². The zero-order chi connectivity index (χ0) is 15.0. The second kappa shape index (κ2) is 8.85. The molecule has 0 bridgehead atoms. The van der Waals surface area contributed by atoms with E-state index >= 15 is 0 Å². The van der Waals surface area contributed by atoms with E-state index in [9.17, 15) is 0 Å². The molecule has 3 heteroatoms. The molecule has 1 aromatic carbocycles. The van der Waals surface area contributed by atoms with E-state index in [-0.39, 0.29) is 0 Å². The highest BCUT2D eigenvalue weighted by atomic mass is 16.5. The van der Waals surface area contributed by atoms with Gasteiger partial charge in [-0.2, -0.15) is 0 Å². The fourth-order valence-electron chi connectivity index (χ4n) is 2.31. The second-order valence-corrected chi connectivity index (χ2v) is 6.05. The lowest BCUT2D eigenvalue weighted by Crippen LogP contribution is -2.34. The van der Waals surface area contributed by atoms with Crippen LogP contribution >= 0.6 is 0 Å². The van der Waals surface area contributed by atoms with Crippen molar-refractivity contribution in [2.45, 2.75) is 27.7 Å². The van der Waals surface area contributed by atoms with Crippen molar-refractivity contribution >= 4 is 0 Å². The van der Waals surface area contributed by atoms with Gasteiger partial charge < -0.3 is 9.47 Å². The first-order chi connectivity index (χ1) is 9.52. The molecular formula is C17H29NO2. The molecule has 1 aromatic rings. The van der Waals surface area contributed by atoms with Gasteiger partial charge in [-0.05, 0) is 24.0 Å². The number of nitrogens with zero attached hydrogens (tertiary/aromatic N) is 1. The summed E-state index contributed by atoms with van der Waals surface area (Å²) in [5.74, 6) is 2.98. The number of para-hydroxylation sites is 2. The van der Waals surface area contributed by atoms with E-state index in [0.29, 0.717) is 18.4 Å². The average molecular weight is 279 g/mol. The van der Waals surface area contributed by atoms with Gasteiger partial charge in [0.05, 0.1) is 7.11 Å². The summed E-state index contributed by atoms with van der Waals surface area (Å²) in [5, 5.41) is 0. The van der Waals surface area contributed by atoms with E-state index in [0.717, 1.165) is 31.1 Å². The number of ether oxygens (including phenoxy) is 2. The van der Waals surface area contributed by atoms with Gasteiger partial charge in [-0.15, -0.1) is 0 Å².